The molecule has 0 saturated carbocycles. The van der Waals surface area contributed by atoms with Gasteiger partial charge in [-0.05, 0) is 17.7 Å². The fraction of sp³-hybridized carbons (Fsp3) is 0.250. The Balaban J connectivity index is 2.83. The number of aliphatic carboxylic acids is 1. The molecule has 0 fully saturated rings. The van der Waals surface area contributed by atoms with Crippen molar-refractivity contribution < 1.29 is 9.90 Å². The van der Waals surface area contributed by atoms with E-state index in [1.807, 2.05) is 0 Å². The van der Waals surface area contributed by atoms with E-state index in [0.29, 0.717) is 22.9 Å². The van der Waals surface area contributed by atoms with Crippen molar-refractivity contribution in [2.24, 2.45) is 0 Å². The van der Waals surface area contributed by atoms with Crippen molar-refractivity contribution in [3.05, 3.63) is 34.3 Å². The number of hydrogen-bond donors (Lipinski definition) is 1. The Morgan fingerprint density at radius 1 is 1.44 bits per heavy atom. The van der Waals surface area contributed by atoms with Crippen LogP contribution in [-0.2, 0) is 11.2 Å². The molecule has 0 spiro atoms. The van der Waals surface area contributed by atoms with Crippen molar-refractivity contribution >= 4 is 29.2 Å². The lowest BCUT2D eigenvalue weighted by molar-refractivity contribution is -0.136. The quantitative estimate of drug-likeness (QED) is 0.667. The van der Waals surface area contributed by atoms with E-state index in [9.17, 15) is 4.79 Å². The Morgan fingerprint density at radius 3 is 2.75 bits per heavy atom. The lowest BCUT2D eigenvalue weighted by atomic mass is 10.1. The highest BCUT2D eigenvalue weighted by Crippen LogP contribution is 2.18. The minimum atomic E-state index is -0.900. The standard InChI is InChI=1S/C12H10Cl2O2/c13-6-2-1-3-9-4-5-10(8-12(15)16)11(14)7-9/h4-5,7H,2,6,8H2,(H,15,16). The molecule has 2 nitrogen and oxygen atoms in total. The highest BCUT2D eigenvalue weighted by molar-refractivity contribution is 6.31. The van der Waals surface area contributed by atoms with Gasteiger partial charge in [0.1, 0.15) is 0 Å². The summed E-state index contributed by atoms with van der Waals surface area (Å²) in [6.45, 7) is 0. The van der Waals surface area contributed by atoms with Crippen molar-refractivity contribution in [2.45, 2.75) is 12.8 Å². The van der Waals surface area contributed by atoms with Crippen LogP contribution in [0.1, 0.15) is 17.5 Å². The molecule has 0 atom stereocenters. The molecule has 0 radical (unpaired) electrons. The van der Waals surface area contributed by atoms with Gasteiger partial charge in [0.15, 0.2) is 0 Å². The van der Waals surface area contributed by atoms with Gasteiger partial charge in [0.05, 0.1) is 6.42 Å². The predicted octanol–water partition coefficient (Wildman–Crippen LogP) is 2.95. The Bertz CT molecular complexity index is 444. The number of halogens is 2. The van der Waals surface area contributed by atoms with E-state index in [2.05, 4.69) is 11.8 Å². The minimum Gasteiger partial charge on any atom is -0.481 e. The van der Waals surface area contributed by atoms with Gasteiger partial charge in [-0.15, -0.1) is 11.6 Å². The zero-order valence-electron chi connectivity index (χ0n) is 8.46. The molecule has 0 unspecified atom stereocenters. The van der Waals surface area contributed by atoms with Gasteiger partial charge in [0.25, 0.3) is 0 Å². The van der Waals surface area contributed by atoms with Crippen LogP contribution in [0.15, 0.2) is 18.2 Å². The molecule has 84 valence electrons. The normalized spacial score (nSPS) is 9.38. The van der Waals surface area contributed by atoms with Crippen molar-refractivity contribution in [1.82, 2.24) is 0 Å². The molecular weight excluding hydrogens is 247 g/mol. The number of hydrogen-bond acceptors (Lipinski definition) is 1. The maximum atomic E-state index is 10.5. The first kappa shape index (κ1) is 12.9. The molecule has 0 aliphatic carbocycles. The topological polar surface area (TPSA) is 37.3 Å². The molecule has 1 aromatic rings. The Kier molecular flexibility index (Phi) is 5.18. The van der Waals surface area contributed by atoms with E-state index >= 15 is 0 Å². The molecule has 0 aromatic heterocycles. The number of rotatable bonds is 3. The number of alkyl halides is 1. The SMILES string of the molecule is O=C(O)Cc1ccc(C#CCCCl)cc1Cl. The van der Waals surface area contributed by atoms with Crippen molar-refractivity contribution in [1.29, 1.82) is 0 Å². The Hall–Kier alpha value is -1.17. The molecule has 0 saturated heterocycles. The molecule has 0 aliphatic rings. The maximum absolute atomic E-state index is 10.5. The largest absolute Gasteiger partial charge is 0.481 e. The fourth-order valence-electron chi connectivity index (χ4n) is 1.14. The van der Waals surface area contributed by atoms with Crippen molar-refractivity contribution in [3.63, 3.8) is 0 Å². The average molecular weight is 257 g/mol. The summed E-state index contributed by atoms with van der Waals surface area (Å²) < 4.78 is 0. The first-order valence-corrected chi connectivity index (χ1v) is 5.60. The van der Waals surface area contributed by atoms with Crippen molar-refractivity contribution in [2.75, 3.05) is 5.88 Å². The van der Waals surface area contributed by atoms with Crippen LogP contribution in [0.5, 0.6) is 0 Å². The molecular formula is C12H10Cl2O2. The van der Waals surface area contributed by atoms with Gasteiger partial charge >= 0.3 is 5.97 Å². The van der Waals surface area contributed by atoms with Crippen LogP contribution in [0.3, 0.4) is 0 Å². The van der Waals surface area contributed by atoms with Gasteiger partial charge in [-0.1, -0.05) is 29.5 Å². The summed E-state index contributed by atoms with van der Waals surface area (Å²) in [4.78, 5) is 10.5. The highest BCUT2D eigenvalue weighted by Gasteiger charge is 2.05. The smallest absolute Gasteiger partial charge is 0.307 e. The minimum absolute atomic E-state index is 0.0752. The van der Waals surface area contributed by atoms with E-state index in [1.54, 1.807) is 18.2 Å². The van der Waals surface area contributed by atoms with E-state index in [4.69, 9.17) is 28.3 Å². The lowest BCUT2D eigenvalue weighted by Crippen LogP contribution is -2.00. The monoisotopic (exact) mass is 256 g/mol. The van der Waals surface area contributed by atoms with Gasteiger partial charge in [0, 0.05) is 22.9 Å². The summed E-state index contributed by atoms with van der Waals surface area (Å²) >= 11 is 11.4. The third-order valence-corrected chi connectivity index (χ3v) is 2.39. The predicted molar refractivity (Wildman–Crippen MR) is 65.0 cm³/mol. The molecule has 0 bridgehead atoms. The van der Waals surface area contributed by atoms with Crippen molar-refractivity contribution in [3.8, 4) is 11.8 Å². The molecule has 0 heterocycles. The van der Waals surface area contributed by atoms with Crippen LogP contribution in [-0.4, -0.2) is 17.0 Å². The maximum Gasteiger partial charge on any atom is 0.307 e. The van der Waals surface area contributed by atoms with Crippen LogP contribution in [0.25, 0.3) is 0 Å². The molecule has 1 aromatic carbocycles. The molecule has 1 rings (SSSR count). The van der Waals surface area contributed by atoms with E-state index < -0.39 is 5.97 Å². The fourth-order valence-corrected chi connectivity index (χ4v) is 1.49. The third-order valence-electron chi connectivity index (χ3n) is 1.85. The molecule has 0 aliphatic heterocycles. The summed E-state index contributed by atoms with van der Waals surface area (Å²) in [6.07, 6.45) is 0.546. The average Bonchev–Trinajstić information content (AvgIpc) is 2.22. The first-order valence-electron chi connectivity index (χ1n) is 4.68. The number of carboxylic acid groups (broad SMARTS) is 1. The second kappa shape index (κ2) is 6.42. The van der Waals surface area contributed by atoms with Gasteiger partial charge in [-0.2, -0.15) is 0 Å². The van der Waals surface area contributed by atoms with Gasteiger partial charge in [-0.25, -0.2) is 0 Å². The van der Waals surface area contributed by atoms with E-state index in [0.717, 1.165) is 5.56 Å². The summed E-state index contributed by atoms with van der Waals surface area (Å²) in [7, 11) is 0. The number of benzene rings is 1. The highest BCUT2D eigenvalue weighted by atomic mass is 35.5. The number of carboxylic acids is 1. The Labute approximate surface area is 104 Å². The van der Waals surface area contributed by atoms with Crippen LogP contribution in [0.2, 0.25) is 5.02 Å². The summed E-state index contributed by atoms with van der Waals surface area (Å²) in [5.41, 5.74) is 1.36. The summed E-state index contributed by atoms with van der Waals surface area (Å²) in [6, 6.07) is 5.10. The second-order valence-electron chi connectivity index (χ2n) is 3.12. The molecule has 16 heavy (non-hydrogen) atoms. The molecule has 0 amide bonds. The lowest BCUT2D eigenvalue weighted by Gasteiger charge is -2.01. The summed E-state index contributed by atoms with van der Waals surface area (Å²) in [5, 5.41) is 9.06. The van der Waals surface area contributed by atoms with Crippen LogP contribution in [0.4, 0.5) is 0 Å². The third kappa shape index (κ3) is 4.14. The zero-order valence-corrected chi connectivity index (χ0v) is 9.98. The summed E-state index contributed by atoms with van der Waals surface area (Å²) in [5.74, 6) is 5.38. The Morgan fingerprint density at radius 2 is 2.19 bits per heavy atom. The van der Waals surface area contributed by atoms with Crippen LogP contribution >= 0.6 is 23.2 Å². The molecule has 4 heteroatoms. The zero-order chi connectivity index (χ0) is 12.0. The van der Waals surface area contributed by atoms with E-state index in [-0.39, 0.29) is 6.42 Å². The second-order valence-corrected chi connectivity index (χ2v) is 3.90. The van der Waals surface area contributed by atoms with Gasteiger partial charge in [-0.3, -0.25) is 4.79 Å². The number of carbonyl (C=O) groups is 1. The molecule has 1 N–H and O–H groups in total. The van der Waals surface area contributed by atoms with Gasteiger partial charge < -0.3 is 5.11 Å². The van der Waals surface area contributed by atoms with Crippen LogP contribution in [0, 0.1) is 11.8 Å². The first-order chi connectivity index (χ1) is 7.63. The van der Waals surface area contributed by atoms with E-state index in [1.165, 1.54) is 0 Å². The van der Waals surface area contributed by atoms with Gasteiger partial charge in [0.2, 0.25) is 0 Å². The van der Waals surface area contributed by atoms with Crippen LogP contribution < -0.4 is 0 Å².